The Labute approximate surface area is 154 Å². The van der Waals surface area contributed by atoms with Crippen LogP contribution in [-0.2, 0) is 11.2 Å². The van der Waals surface area contributed by atoms with Crippen LogP contribution in [0.4, 0.5) is 0 Å². The van der Waals surface area contributed by atoms with Crippen LogP contribution in [0.3, 0.4) is 0 Å². The highest BCUT2D eigenvalue weighted by Gasteiger charge is 2.06. The number of aryl methyl sites for hydroxylation is 1. The van der Waals surface area contributed by atoms with Gasteiger partial charge in [-0.3, -0.25) is 4.79 Å². The zero-order valence-corrected chi connectivity index (χ0v) is 15.4. The van der Waals surface area contributed by atoms with E-state index in [0.717, 1.165) is 17.1 Å². The van der Waals surface area contributed by atoms with Crippen molar-refractivity contribution < 1.29 is 23.7 Å². The number of amides is 1. The van der Waals surface area contributed by atoms with Gasteiger partial charge in [-0.25, -0.2) is 0 Å². The molecular formula is C20H25NO5. The van der Waals surface area contributed by atoms with Gasteiger partial charge in [-0.1, -0.05) is 0 Å². The molecule has 0 saturated carbocycles. The van der Waals surface area contributed by atoms with Gasteiger partial charge in [0, 0.05) is 12.5 Å². The fourth-order valence-electron chi connectivity index (χ4n) is 2.39. The Morgan fingerprint density at radius 3 is 2.00 bits per heavy atom. The van der Waals surface area contributed by atoms with Gasteiger partial charge in [-0.2, -0.15) is 0 Å². The van der Waals surface area contributed by atoms with Crippen molar-refractivity contribution in [3.05, 3.63) is 48.0 Å². The molecule has 140 valence electrons. The minimum absolute atomic E-state index is 0.0230. The third-order valence-corrected chi connectivity index (χ3v) is 3.80. The third kappa shape index (κ3) is 6.20. The van der Waals surface area contributed by atoms with Crippen molar-refractivity contribution in [3.8, 4) is 23.0 Å². The average molecular weight is 359 g/mol. The molecule has 1 amide bonds. The maximum Gasteiger partial charge on any atom is 0.220 e. The largest absolute Gasteiger partial charge is 0.497 e. The summed E-state index contributed by atoms with van der Waals surface area (Å²) in [5.74, 6) is 2.92. The minimum atomic E-state index is -0.0230. The molecule has 0 atom stereocenters. The number of hydrogen-bond donors (Lipinski definition) is 1. The fourth-order valence-corrected chi connectivity index (χ4v) is 2.39. The molecule has 0 saturated heterocycles. The zero-order chi connectivity index (χ0) is 18.8. The van der Waals surface area contributed by atoms with Crippen LogP contribution in [0.1, 0.15) is 12.0 Å². The molecule has 0 spiro atoms. The van der Waals surface area contributed by atoms with Gasteiger partial charge in [-0.15, -0.1) is 0 Å². The molecule has 0 radical (unpaired) electrons. The van der Waals surface area contributed by atoms with E-state index in [9.17, 15) is 4.79 Å². The van der Waals surface area contributed by atoms with E-state index < -0.39 is 0 Å². The summed E-state index contributed by atoms with van der Waals surface area (Å²) >= 11 is 0. The van der Waals surface area contributed by atoms with Crippen LogP contribution in [-0.4, -0.2) is 40.4 Å². The first kappa shape index (κ1) is 19.4. The lowest BCUT2D eigenvalue weighted by Crippen LogP contribution is -2.28. The Hall–Kier alpha value is -2.89. The van der Waals surface area contributed by atoms with Crippen molar-refractivity contribution in [2.24, 2.45) is 0 Å². The van der Waals surface area contributed by atoms with E-state index in [0.29, 0.717) is 37.5 Å². The second-order valence-electron chi connectivity index (χ2n) is 5.59. The van der Waals surface area contributed by atoms with E-state index >= 15 is 0 Å². The number of benzene rings is 2. The van der Waals surface area contributed by atoms with E-state index in [2.05, 4.69) is 5.32 Å². The van der Waals surface area contributed by atoms with Crippen LogP contribution in [0.15, 0.2) is 42.5 Å². The van der Waals surface area contributed by atoms with Crippen molar-refractivity contribution in [1.82, 2.24) is 5.32 Å². The van der Waals surface area contributed by atoms with Crippen molar-refractivity contribution in [2.75, 3.05) is 34.5 Å². The second-order valence-corrected chi connectivity index (χ2v) is 5.59. The molecule has 0 aliphatic carbocycles. The molecule has 0 heterocycles. The summed E-state index contributed by atoms with van der Waals surface area (Å²) in [5, 5.41) is 2.85. The number of carbonyl (C=O) groups is 1. The number of rotatable bonds is 10. The maximum atomic E-state index is 12.0. The van der Waals surface area contributed by atoms with Gasteiger partial charge < -0.3 is 24.3 Å². The number of hydrogen-bond acceptors (Lipinski definition) is 5. The van der Waals surface area contributed by atoms with Gasteiger partial charge in [0.1, 0.15) is 29.6 Å². The molecule has 2 rings (SSSR count). The Morgan fingerprint density at radius 2 is 1.42 bits per heavy atom. The molecule has 0 unspecified atom stereocenters. The van der Waals surface area contributed by atoms with Crippen LogP contribution < -0.4 is 24.3 Å². The summed E-state index contributed by atoms with van der Waals surface area (Å²) in [7, 11) is 4.83. The second kappa shape index (κ2) is 10.2. The van der Waals surface area contributed by atoms with E-state index in [-0.39, 0.29) is 5.91 Å². The van der Waals surface area contributed by atoms with Gasteiger partial charge in [0.25, 0.3) is 0 Å². The van der Waals surface area contributed by atoms with Crippen LogP contribution in [0.25, 0.3) is 0 Å². The lowest BCUT2D eigenvalue weighted by molar-refractivity contribution is -0.121. The molecule has 0 aliphatic rings. The number of nitrogens with one attached hydrogen (secondary N) is 1. The first-order valence-electron chi connectivity index (χ1n) is 8.40. The lowest BCUT2D eigenvalue weighted by Gasteiger charge is -2.10. The van der Waals surface area contributed by atoms with Crippen molar-refractivity contribution >= 4 is 5.91 Å². The third-order valence-electron chi connectivity index (χ3n) is 3.80. The van der Waals surface area contributed by atoms with Crippen molar-refractivity contribution in [1.29, 1.82) is 0 Å². The van der Waals surface area contributed by atoms with Gasteiger partial charge in [0.05, 0.1) is 27.9 Å². The van der Waals surface area contributed by atoms with Crippen LogP contribution in [0.2, 0.25) is 0 Å². The van der Waals surface area contributed by atoms with E-state index in [1.54, 1.807) is 27.4 Å². The minimum Gasteiger partial charge on any atom is -0.497 e. The predicted molar refractivity (Wildman–Crippen MR) is 99.4 cm³/mol. The molecule has 2 aromatic carbocycles. The Morgan fingerprint density at radius 1 is 0.846 bits per heavy atom. The first-order valence-corrected chi connectivity index (χ1v) is 8.40. The zero-order valence-electron chi connectivity index (χ0n) is 15.4. The summed E-state index contributed by atoms with van der Waals surface area (Å²) in [4.78, 5) is 12.0. The Bertz CT molecular complexity index is 678. The predicted octanol–water partition coefficient (Wildman–Crippen LogP) is 2.84. The molecule has 0 fully saturated rings. The number of ether oxygens (including phenoxy) is 4. The van der Waals surface area contributed by atoms with Gasteiger partial charge in [0.2, 0.25) is 5.91 Å². The molecule has 6 nitrogen and oxygen atoms in total. The van der Waals surface area contributed by atoms with E-state index in [1.807, 2.05) is 36.4 Å². The number of carbonyl (C=O) groups excluding carboxylic acids is 1. The van der Waals surface area contributed by atoms with Crippen molar-refractivity contribution in [2.45, 2.75) is 12.8 Å². The summed E-state index contributed by atoms with van der Waals surface area (Å²) in [5.41, 5.74) is 0.992. The quantitative estimate of drug-likeness (QED) is 0.661. The van der Waals surface area contributed by atoms with Crippen LogP contribution >= 0.6 is 0 Å². The smallest absolute Gasteiger partial charge is 0.220 e. The highest BCUT2D eigenvalue weighted by atomic mass is 16.5. The molecule has 0 aliphatic heterocycles. The lowest BCUT2D eigenvalue weighted by atomic mass is 10.1. The molecule has 2 aromatic rings. The maximum absolute atomic E-state index is 12.0. The summed E-state index contributed by atoms with van der Waals surface area (Å²) in [6.07, 6.45) is 0.998. The molecule has 0 aromatic heterocycles. The average Bonchev–Trinajstić information content (AvgIpc) is 2.69. The van der Waals surface area contributed by atoms with Gasteiger partial charge in [0.15, 0.2) is 0 Å². The summed E-state index contributed by atoms with van der Waals surface area (Å²) in [6, 6.07) is 12.9. The molecule has 1 N–H and O–H groups in total. The highest BCUT2D eigenvalue weighted by Crippen LogP contribution is 2.23. The van der Waals surface area contributed by atoms with Gasteiger partial charge >= 0.3 is 0 Å². The molecule has 26 heavy (non-hydrogen) atoms. The summed E-state index contributed by atoms with van der Waals surface area (Å²) in [6.45, 7) is 0.858. The number of methoxy groups -OCH3 is 3. The highest BCUT2D eigenvalue weighted by molar-refractivity contribution is 5.76. The normalized spacial score (nSPS) is 10.1. The SMILES string of the molecule is COc1ccc(OCCNC(=O)CCc2cc(OC)cc(OC)c2)cc1. The molecule has 6 heteroatoms. The van der Waals surface area contributed by atoms with Crippen LogP contribution in [0.5, 0.6) is 23.0 Å². The first-order chi connectivity index (χ1) is 12.6. The monoisotopic (exact) mass is 359 g/mol. The van der Waals surface area contributed by atoms with E-state index in [1.165, 1.54) is 0 Å². The fraction of sp³-hybridized carbons (Fsp3) is 0.350. The topological polar surface area (TPSA) is 66.0 Å². The van der Waals surface area contributed by atoms with E-state index in [4.69, 9.17) is 18.9 Å². The molecular weight excluding hydrogens is 334 g/mol. The Balaban J connectivity index is 1.70. The Kier molecular flexibility index (Phi) is 7.61. The molecule has 0 bridgehead atoms. The van der Waals surface area contributed by atoms with Gasteiger partial charge in [-0.05, 0) is 48.4 Å². The van der Waals surface area contributed by atoms with Crippen LogP contribution in [0, 0.1) is 0 Å². The standard InChI is InChI=1S/C20H25NO5/c1-23-16-5-7-17(8-6-16)26-11-10-21-20(22)9-4-15-12-18(24-2)14-19(13-15)25-3/h5-8,12-14H,4,9-11H2,1-3H3,(H,21,22). The van der Waals surface area contributed by atoms with Crippen molar-refractivity contribution in [3.63, 3.8) is 0 Å². The summed E-state index contributed by atoms with van der Waals surface area (Å²) < 4.78 is 21.1.